The summed E-state index contributed by atoms with van der Waals surface area (Å²) >= 11 is 3.47. The van der Waals surface area contributed by atoms with Gasteiger partial charge in [0.2, 0.25) is 0 Å². The van der Waals surface area contributed by atoms with Gasteiger partial charge in [-0.1, -0.05) is 28.1 Å². The highest BCUT2D eigenvalue weighted by atomic mass is 127. The molecule has 0 aromatic heterocycles. The zero-order chi connectivity index (χ0) is 17.9. The lowest BCUT2D eigenvalue weighted by Gasteiger charge is -2.22. The second-order valence-electron chi connectivity index (χ2n) is 6.38. The summed E-state index contributed by atoms with van der Waals surface area (Å²) in [6, 6.07) is 8.40. The maximum absolute atomic E-state index is 5.74. The van der Waals surface area contributed by atoms with E-state index in [1.54, 1.807) is 0 Å². The van der Waals surface area contributed by atoms with E-state index in [1.165, 1.54) is 5.56 Å². The van der Waals surface area contributed by atoms with Gasteiger partial charge in [-0.2, -0.15) is 0 Å². The van der Waals surface area contributed by atoms with Crippen molar-refractivity contribution in [2.45, 2.75) is 26.3 Å². The smallest absolute Gasteiger partial charge is 0.193 e. The van der Waals surface area contributed by atoms with E-state index in [1.807, 2.05) is 0 Å². The Bertz CT molecular complexity index is 522. The predicted molar refractivity (Wildman–Crippen MR) is 121 cm³/mol. The molecule has 0 aliphatic carbocycles. The standard InChI is InChI=1S/C19H30BrN3O2.HI/c1-3-21-19(23(2)13-16-5-7-18(20)8-6-16)22-10-4-11-24-14-17-9-12-25-15-17;/h5-8,17H,3-4,9-15H2,1-2H3,(H,21,22);1H. The lowest BCUT2D eigenvalue weighted by molar-refractivity contribution is 0.0893. The Morgan fingerprint density at radius 1 is 1.38 bits per heavy atom. The second kappa shape index (κ2) is 13.7. The number of aliphatic imine (C=N–C) groups is 1. The zero-order valence-corrected chi connectivity index (χ0v) is 19.7. The van der Waals surface area contributed by atoms with Gasteiger partial charge >= 0.3 is 0 Å². The SMILES string of the molecule is CCNC(=NCCCOCC1CCOC1)N(C)Cc1ccc(Br)cc1.I. The van der Waals surface area contributed by atoms with Crippen molar-refractivity contribution in [2.75, 3.05) is 46.6 Å². The molecular formula is C19H31BrIN3O2. The molecule has 0 radical (unpaired) electrons. The van der Waals surface area contributed by atoms with Crippen LogP contribution < -0.4 is 5.32 Å². The largest absolute Gasteiger partial charge is 0.381 e. The van der Waals surface area contributed by atoms with Gasteiger partial charge in [0.25, 0.3) is 0 Å². The highest BCUT2D eigenvalue weighted by Gasteiger charge is 2.15. The van der Waals surface area contributed by atoms with Crippen LogP contribution in [0.4, 0.5) is 0 Å². The van der Waals surface area contributed by atoms with Crippen molar-refractivity contribution in [2.24, 2.45) is 10.9 Å². The van der Waals surface area contributed by atoms with Gasteiger partial charge in [0.05, 0.1) is 13.2 Å². The molecule has 1 fully saturated rings. The molecule has 1 N–H and O–H groups in total. The number of benzene rings is 1. The van der Waals surface area contributed by atoms with Crippen molar-refractivity contribution in [1.29, 1.82) is 0 Å². The van der Waals surface area contributed by atoms with Gasteiger partial charge in [0, 0.05) is 50.3 Å². The van der Waals surface area contributed by atoms with Gasteiger partial charge in [0.1, 0.15) is 0 Å². The Labute approximate surface area is 183 Å². The fraction of sp³-hybridized carbons (Fsp3) is 0.632. The van der Waals surface area contributed by atoms with Gasteiger partial charge in [-0.3, -0.25) is 4.99 Å². The first-order chi connectivity index (χ1) is 12.2. The van der Waals surface area contributed by atoms with Crippen LogP contribution in [0.15, 0.2) is 33.7 Å². The molecule has 1 heterocycles. The summed E-state index contributed by atoms with van der Waals surface area (Å²) in [5.74, 6) is 1.52. The van der Waals surface area contributed by atoms with Gasteiger partial charge in [0.15, 0.2) is 5.96 Å². The minimum atomic E-state index is 0. The van der Waals surface area contributed by atoms with Crippen molar-refractivity contribution in [3.8, 4) is 0 Å². The Balaban J connectivity index is 0.00000338. The third-order valence-corrected chi connectivity index (χ3v) is 4.64. The molecule has 148 valence electrons. The first kappa shape index (κ1) is 23.7. The van der Waals surface area contributed by atoms with Crippen LogP contribution in [0.5, 0.6) is 0 Å². The lowest BCUT2D eigenvalue weighted by atomic mass is 10.1. The van der Waals surface area contributed by atoms with E-state index in [0.717, 1.165) is 69.3 Å². The van der Waals surface area contributed by atoms with Crippen molar-refractivity contribution < 1.29 is 9.47 Å². The van der Waals surface area contributed by atoms with Crippen molar-refractivity contribution in [3.05, 3.63) is 34.3 Å². The quantitative estimate of drug-likeness (QED) is 0.224. The van der Waals surface area contributed by atoms with E-state index in [4.69, 9.17) is 14.5 Å². The van der Waals surface area contributed by atoms with Crippen LogP contribution in [0.1, 0.15) is 25.3 Å². The van der Waals surface area contributed by atoms with Crippen LogP contribution in [0.25, 0.3) is 0 Å². The summed E-state index contributed by atoms with van der Waals surface area (Å²) in [5, 5.41) is 3.36. The van der Waals surface area contributed by atoms with Crippen LogP contribution >= 0.6 is 39.9 Å². The van der Waals surface area contributed by atoms with Gasteiger partial charge in [-0.05, 0) is 37.5 Å². The summed E-state index contributed by atoms with van der Waals surface area (Å²) < 4.78 is 12.2. The lowest BCUT2D eigenvalue weighted by Crippen LogP contribution is -2.38. The highest BCUT2D eigenvalue weighted by Crippen LogP contribution is 2.13. The summed E-state index contributed by atoms with van der Waals surface area (Å²) in [6.07, 6.45) is 2.07. The summed E-state index contributed by atoms with van der Waals surface area (Å²) in [7, 11) is 2.07. The van der Waals surface area contributed by atoms with Crippen molar-refractivity contribution >= 4 is 45.9 Å². The molecule has 1 saturated heterocycles. The first-order valence-corrected chi connectivity index (χ1v) is 9.87. The highest BCUT2D eigenvalue weighted by molar-refractivity contribution is 14.0. The topological polar surface area (TPSA) is 46.1 Å². The molecule has 1 unspecified atom stereocenters. The summed E-state index contributed by atoms with van der Waals surface area (Å²) in [4.78, 5) is 6.87. The van der Waals surface area contributed by atoms with Crippen LogP contribution in [0, 0.1) is 5.92 Å². The fourth-order valence-electron chi connectivity index (χ4n) is 2.72. The molecule has 1 aliphatic heterocycles. The number of hydrogen-bond donors (Lipinski definition) is 1. The van der Waals surface area contributed by atoms with E-state index < -0.39 is 0 Å². The molecule has 1 atom stereocenters. The minimum absolute atomic E-state index is 0. The van der Waals surface area contributed by atoms with E-state index >= 15 is 0 Å². The second-order valence-corrected chi connectivity index (χ2v) is 7.29. The van der Waals surface area contributed by atoms with Crippen molar-refractivity contribution in [1.82, 2.24) is 10.2 Å². The number of halogens is 2. The fourth-order valence-corrected chi connectivity index (χ4v) is 2.99. The van der Waals surface area contributed by atoms with Crippen LogP contribution in [-0.2, 0) is 16.0 Å². The van der Waals surface area contributed by atoms with E-state index in [9.17, 15) is 0 Å². The third kappa shape index (κ3) is 9.01. The maximum Gasteiger partial charge on any atom is 0.193 e. The normalized spacial score (nSPS) is 17.0. The third-order valence-electron chi connectivity index (χ3n) is 4.12. The van der Waals surface area contributed by atoms with Gasteiger partial charge in [-0.25, -0.2) is 0 Å². The number of hydrogen-bond acceptors (Lipinski definition) is 3. The molecule has 26 heavy (non-hydrogen) atoms. The molecule has 7 heteroatoms. The Morgan fingerprint density at radius 3 is 2.81 bits per heavy atom. The van der Waals surface area contributed by atoms with Gasteiger partial charge < -0.3 is 19.7 Å². The Hall–Kier alpha value is -0.380. The monoisotopic (exact) mass is 539 g/mol. The molecule has 1 aromatic carbocycles. The molecule has 0 bridgehead atoms. The number of nitrogens with one attached hydrogen (secondary N) is 1. The zero-order valence-electron chi connectivity index (χ0n) is 15.7. The maximum atomic E-state index is 5.74. The summed E-state index contributed by atoms with van der Waals surface area (Å²) in [5.41, 5.74) is 1.26. The van der Waals surface area contributed by atoms with Crippen LogP contribution in [0.2, 0.25) is 0 Å². The molecule has 0 saturated carbocycles. The number of ether oxygens (including phenoxy) is 2. The molecule has 0 spiro atoms. The first-order valence-electron chi connectivity index (χ1n) is 9.08. The molecule has 1 aromatic rings. The Morgan fingerprint density at radius 2 is 2.15 bits per heavy atom. The molecule has 0 amide bonds. The molecular weight excluding hydrogens is 509 g/mol. The number of rotatable bonds is 9. The van der Waals surface area contributed by atoms with Crippen LogP contribution in [0.3, 0.4) is 0 Å². The Kier molecular flexibility index (Phi) is 12.5. The van der Waals surface area contributed by atoms with E-state index in [2.05, 4.69) is 64.4 Å². The molecule has 5 nitrogen and oxygen atoms in total. The minimum Gasteiger partial charge on any atom is -0.381 e. The molecule has 1 aliphatic rings. The average Bonchev–Trinajstić information content (AvgIpc) is 3.12. The predicted octanol–water partition coefficient (Wildman–Crippen LogP) is 3.91. The van der Waals surface area contributed by atoms with E-state index in [0.29, 0.717) is 5.92 Å². The van der Waals surface area contributed by atoms with Gasteiger partial charge in [-0.15, -0.1) is 24.0 Å². The number of nitrogens with zero attached hydrogens (tertiary/aromatic N) is 2. The average molecular weight is 540 g/mol. The molecule has 2 rings (SSSR count). The summed E-state index contributed by atoms with van der Waals surface area (Å²) in [6.45, 7) is 7.87. The van der Waals surface area contributed by atoms with Crippen LogP contribution in [-0.4, -0.2) is 57.4 Å². The number of guanidine groups is 1. The van der Waals surface area contributed by atoms with E-state index in [-0.39, 0.29) is 24.0 Å². The van der Waals surface area contributed by atoms with Crippen molar-refractivity contribution in [3.63, 3.8) is 0 Å².